The van der Waals surface area contributed by atoms with Gasteiger partial charge in [-0.05, 0) is 6.07 Å². The Morgan fingerprint density at radius 3 is 2.77 bits per heavy atom. The number of anilines is 1. The predicted molar refractivity (Wildman–Crippen MR) is 75.2 cm³/mol. The second-order valence-electron chi connectivity index (χ2n) is 4.30. The van der Waals surface area contributed by atoms with E-state index in [1.807, 2.05) is 0 Å². The van der Waals surface area contributed by atoms with Gasteiger partial charge < -0.3 is 10.1 Å². The van der Waals surface area contributed by atoms with Crippen LogP contribution in [-0.2, 0) is 16.6 Å². The van der Waals surface area contributed by atoms with Gasteiger partial charge in [0.15, 0.2) is 6.61 Å². The fourth-order valence-electron chi connectivity index (χ4n) is 1.67. The van der Waals surface area contributed by atoms with Crippen molar-refractivity contribution in [1.82, 2.24) is 9.78 Å². The number of aromatic nitrogens is 2. The molecule has 0 atom stereocenters. The first-order chi connectivity index (χ1) is 10.5. The number of nitrogens with zero attached hydrogens (tertiary/aromatic N) is 3. The minimum absolute atomic E-state index is 0.0370. The summed E-state index contributed by atoms with van der Waals surface area (Å²) >= 11 is 0. The normalized spacial score (nSPS) is 10.0. The number of benzene rings is 1. The van der Waals surface area contributed by atoms with Gasteiger partial charge in [0.2, 0.25) is 0 Å². The monoisotopic (exact) mass is 304 g/mol. The van der Waals surface area contributed by atoms with E-state index >= 15 is 0 Å². The Kier molecular flexibility index (Phi) is 4.47. The van der Waals surface area contributed by atoms with Gasteiger partial charge >= 0.3 is 5.97 Å². The van der Waals surface area contributed by atoms with Crippen molar-refractivity contribution in [3.8, 4) is 0 Å². The van der Waals surface area contributed by atoms with Gasteiger partial charge in [0.1, 0.15) is 5.69 Å². The highest BCUT2D eigenvalue weighted by Gasteiger charge is 2.16. The van der Waals surface area contributed by atoms with Crippen molar-refractivity contribution in [3.05, 3.63) is 52.3 Å². The lowest BCUT2D eigenvalue weighted by Crippen LogP contribution is -2.21. The van der Waals surface area contributed by atoms with Crippen LogP contribution in [0.2, 0.25) is 0 Å². The number of carbonyl (C=O) groups excluding carboxylic acids is 2. The maximum Gasteiger partial charge on any atom is 0.341 e. The van der Waals surface area contributed by atoms with E-state index in [2.05, 4.69) is 10.4 Å². The Bertz CT molecular complexity index is 725. The molecule has 0 saturated heterocycles. The van der Waals surface area contributed by atoms with E-state index < -0.39 is 23.4 Å². The highest BCUT2D eigenvalue weighted by molar-refractivity contribution is 5.96. The van der Waals surface area contributed by atoms with Gasteiger partial charge in [-0.1, -0.05) is 12.1 Å². The van der Waals surface area contributed by atoms with E-state index in [1.165, 1.54) is 35.3 Å². The van der Waals surface area contributed by atoms with Crippen LogP contribution in [0, 0.1) is 10.1 Å². The van der Waals surface area contributed by atoms with Gasteiger partial charge in [-0.3, -0.25) is 19.6 Å². The summed E-state index contributed by atoms with van der Waals surface area (Å²) in [7, 11) is 1.64. The van der Waals surface area contributed by atoms with Gasteiger partial charge in [-0.25, -0.2) is 4.79 Å². The van der Waals surface area contributed by atoms with E-state index in [4.69, 9.17) is 4.74 Å². The van der Waals surface area contributed by atoms with Crippen molar-refractivity contribution in [2.75, 3.05) is 11.9 Å². The van der Waals surface area contributed by atoms with Gasteiger partial charge in [0.05, 0.1) is 16.7 Å². The Morgan fingerprint density at radius 2 is 2.14 bits per heavy atom. The molecule has 1 aromatic carbocycles. The van der Waals surface area contributed by atoms with Crippen molar-refractivity contribution in [2.45, 2.75) is 0 Å². The number of nitrogens with one attached hydrogen (secondary N) is 1. The number of carbonyl (C=O) groups is 2. The maximum absolute atomic E-state index is 11.7. The molecule has 9 nitrogen and oxygen atoms in total. The molecule has 0 bridgehead atoms. The first kappa shape index (κ1) is 15.2. The second kappa shape index (κ2) is 6.48. The summed E-state index contributed by atoms with van der Waals surface area (Å²) in [5, 5.41) is 16.9. The largest absolute Gasteiger partial charge is 0.452 e. The number of aryl methyl sites for hydroxylation is 1. The lowest BCUT2D eigenvalue weighted by atomic mass is 10.2. The summed E-state index contributed by atoms with van der Waals surface area (Å²) in [5.74, 6) is -1.38. The van der Waals surface area contributed by atoms with Crippen LogP contribution in [0.5, 0.6) is 0 Å². The zero-order chi connectivity index (χ0) is 16.1. The Morgan fingerprint density at radius 1 is 1.41 bits per heavy atom. The van der Waals surface area contributed by atoms with Crippen molar-refractivity contribution >= 4 is 23.3 Å². The second-order valence-corrected chi connectivity index (χ2v) is 4.30. The van der Waals surface area contributed by atoms with Crippen molar-refractivity contribution in [2.24, 2.45) is 7.05 Å². The van der Waals surface area contributed by atoms with Crippen LogP contribution in [0.25, 0.3) is 0 Å². The molecule has 9 heteroatoms. The minimum Gasteiger partial charge on any atom is -0.452 e. The number of para-hydroxylation sites is 2. The van der Waals surface area contributed by atoms with Gasteiger partial charge in [-0.15, -0.1) is 0 Å². The van der Waals surface area contributed by atoms with E-state index in [0.29, 0.717) is 0 Å². The van der Waals surface area contributed by atoms with E-state index in [-0.39, 0.29) is 16.9 Å². The quantitative estimate of drug-likeness (QED) is 0.502. The van der Waals surface area contributed by atoms with E-state index in [1.54, 1.807) is 13.1 Å². The highest BCUT2D eigenvalue weighted by atomic mass is 16.6. The molecule has 0 aliphatic rings. The molecule has 1 N–H and O–H groups in total. The lowest BCUT2D eigenvalue weighted by Gasteiger charge is -2.06. The summed E-state index contributed by atoms with van der Waals surface area (Å²) in [4.78, 5) is 33.5. The first-order valence-corrected chi connectivity index (χ1v) is 6.16. The number of ether oxygens (including phenoxy) is 1. The Hall–Kier alpha value is -3.23. The highest BCUT2D eigenvalue weighted by Crippen LogP contribution is 2.22. The number of esters is 1. The summed E-state index contributed by atoms with van der Waals surface area (Å²) in [6, 6.07) is 5.68. The molecule has 1 heterocycles. The molecule has 0 saturated carbocycles. The molecule has 22 heavy (non-hydrogen) atoms. The molecule has 1 amide bonds. The number of nitro groups is 1. The molecule has 114 valence electrons. The molecular weight excluding hydrogens is 292 g/mol. The molecule has 0 aliphatic carbocycles. The van der Waals surface area contributed by atoms with Crippen LogP contribution < -0.4 is 5.32 Å². The van der Waals surface area contributed by atoms with Crippen LogP contribution in [-0.4, -0.2) is 33.2 Å². The third-order valence-electron chi connectivity index (χ3n) is 2.65. The van der Waals surface area contributed by atoms with Crippen LogP contribution in [0.4, 0.5) is 11.4 Å². The van der Waals surface area contributed by atoms with Gasteiger partial charge in [0.25, 0.3) is 11.6 Å². The van der Waals surface area contributed by atoms with Crippen LogP contribution in [0.1, 0.15) is 10.4 Å². The van der Waals surface area contributed by atoms with E-state index in [9.17, 15) is 19.7 Å². The summed E-state index contributed by atoms with van der Waals surface area (Å²) in [6.45, 7) is -0.556. The topological polar surface area (TPSA) is 116 Å². The maximum atomic E-state index is 11.7. The number of nitro benzene ring substituents is 1. The third-order valence-corrected chi connectivity index (χ3v) is 2.65. The fraction of sp³-hybridized carbons (Fsp3) is 0.154. The number of rotatable bonds is 5. The fourth-order valence-corrected chi connectivity index (χ4v) is 1.67. The van der Waals surface area contributed by atoms with Crippen molar-refractivity contribution in [3.63, 3.8) is 0 Å². The lowest BCUT2D eigenvalue weighted by molar-refractivity contribution is -0.383. The number of hydrogen-bond acceptors (Lipinski definition) is 6. The number of amides is 1. The molecule has 0 unspecified atom stereocenters. The standard InChI is InChI=1S/C13H12N4O5/c1-16-7-9(6-14-16)13(19)22-8-12(18)15-10-4-2-3-5-11(10)17(20)21/h2-7H,8H2,1H3,(H,15,18). The van der Waals surface area contributed by atoms with Crippen molar-refractivity contribution in [1.29, 1.82) is 0 Å². The molecule has 0 fully saturated rings. The van der Waals surface area contributed by atoms with Gasteiger partial charge in [-0.2, -0.15) is 5.10 Å². The molecule has 1 aromatic heterocycles. The molecule has 0 spiro atoms. The molecule has 2 rings (SSSR count). The summed E-state index contributed by atoms with van der Waals surface area (Å²) < 4.78 is 6.22. The Balaban J connectivity index is 1.94. The summed E-state index contributed by atoms with van der Waals surface area (Å²) in [5.41, 5.74) is 0.00496. The smallest absolute Gasteiger partial charge is 0.341 e. The molecule has 0 aliphatic heterocycles. The zero-order valence-electron chi connectivity index (χ0n) is 11.6. The van der Waals surface area contributed by atoms with Crippen LogP contribution in [0.3, 0.4) is 0 Å². The summed E-state index contributed by atoms with van der Waals surface area (Å²) in [6.07, 6.45) is 2.75. The average Bonchev–Trinajstić information content (AvgIpc) is 2.92. The third kappa shape index (κ3) is 3.66. The Labute approximate surface area is 124 Å². The average molecular weight is 304 g/mol. The van der Waals surface area contributed by atoms with Crippen LogP contribution in [0.15, 0.2) is 36.7 Å². The number of hydrogen-bond donors (Lipinski definition) is 1. The minimum atomic E-state index is -0.703. The zero-order valence-corrected chi connectivity index (χ0v) is 11.6. The SMILES string of the molecule is Cn1cc(C(=O)OCC(=O)Nc2ccccc2[N+](=O)[O-])cn1. The van der Waals surface area contributed by atoms with Gasteiger partial charge in [0, 0.05) is 19.3 Å². The molecular formula is C13H12N4O5. The molecule has 0 radical (unpaired) electrons. The van der Waals surface area contributed by atoms with Crippen LogP contribution >= 0.6 is 0 Å². The first-order valence-electron chi connectivity index (χ1n) is 6.16. The predicted octanol–water partition coefficient (Wildman–Crippen LogP) is 1.12. The van der Waals surface area contributed by atoms with E-state index in [0.717, 1.165) is 0 Å². The van der Waals surface area contributed by atoms with Crippen molar-refractivity contribution < 1.29 is 19.2 Å². The molecule has 2 aromatic rings.